The number of anilines is 2. The van der Waals surface area contributed by atoms with Crippen molar-refractivity contribution in [1.82, 2.24) is 4.90 Å². The van der Waals surface area contributed by atoms with E-state index in [-0.39, 0.29) is 29.1 Å². The van der Waals surface area contributed by atoms with Gasteiger partial charge < -0.3 is 19.8 Å². The van der Waals surface area contributed by atoms with Crippen LogP contribution in [0.15, 0.2) is 59.2 Å². The van der Waals surface area contributed by atoms with E-state index in [2.05, 4.69) is 10.6 Å². The number of rotatable bonds is 4. The number of benzene rings is 2. The van der Waals surface area contributed by atoms with Gasteiger partial charge in [-0.05, 0) is 55.5 Å². The molecule has 32 heavy (non-hydrogen) atoms. The van der Waals surface area contributed by atoms with E-state index in [0.717, 1.165) is 4.90 Å². The first kappa shape index (κ1) is 19.6. The summed E-state index contributed by atoms with van der Waals surface area (Å²) >= 11 is 0. The molecule has 3 heterocycles. The van der Waals surface area contributed by atoms with E-state index in [0.29, 0.717) is 22.9 Å². The third kappa shape index (κ3) is 3.29. The van der Waals surface area contributed by atoms with Crippen molar-refractivity contribution in [3.8, 4) is 5.75 Å². The van der Waals surface area contributed by atoms with Gasteiger partial charge in [0.05, 0.1) is 29.6 Å². The number of hydrogen-bond acceptors (Lipinski definition) is 6. The third-order valence-electron chi connectivity index (χ3n) is 5.30. The predicted molar refractivity (Wildman–Crippen MR) is 112 cm³/mol. The van der Waals surface area contributed by atoms with Gasteiger partial charge >= 0.3 is 0 Å². The van der Waals surface area contributed by atoms with Crippen molar-refractivity contribution >= 4 is 35.0 Å². The molecule has 2 aliphatic rings. The van der Waals surface area contributed by atoms with Crippen LogP contribution in [0.25, 0.3) is 0 Å². The highest BCUT2D eigenvalue weighted by atomic mass is 16.5. The maximum absolute atomic E-state index is 12.8. The van der Waals surface area contributed by atoms with Crippen molar-refractivity contribution in [3.05, 3.63) is 77.2 Å². The number of fused-ring (bicyclic) bond motifs is 2. The molecule has 9 heteroatoms. The summed E-state index contributed by atoms with van der Waals surface area (Å²) in [5.41, 5.74) is 1.51. The minimum atomic E-state index is -0.595. The van der Waals surface area contributed by atoms with E-state index in [1.54, 1.807) is 37.3 Å². The molecule has 1 aromatic heterocycles. The number of furan rings is 1. The molecule has 2 aliphatic heterocycles. The number of carbonyl (C=O) groups excluding carboxylic acids is 4. The lowest BCUT2D eigenvalue weighted by Crippen LogP contribution is -2.34. The van der Waals surface area contributed by atoms with Gasteiger partial charge in [0.25, 0.3) is 23.6 Å². The zero-order chi connectivity index (χ0) is 22.4. The first-order chi connectivity index (χ1) is 15.4. The van der Waals surface area contributed by atoms with Crippen molar-refractivity contribution < 1.29 is 28.3 Å². The number of nitrogens with one attached hydrogen (secondary N) is 2. The summed E-state index contributed by atoms with van der Waals surface area (Å²) in [7, 11) is 0. The number of nitrogens with zero attached hydrogens (tertiary/aromatic N) is 1. The lowest BCUT2D eigenvalue weighted by molar-refractivity contribution is -0.122. The molecule has 1 atom stereocenters. The minimum absolute atomic E-state index is 0.0163. The van der Waals surface area contributed by atoms with Crippen LogP contribution in [0, 0.1) is 0 Å². The first-order valence-electron chi connectivity index (χ1n) is 9.86. The van der Waals surface area contributed by atoms with Gasteiger partial charge in [0, 0.05) is 11.3 Å². The molecular formula is C23H17N3O6. The van der Waals surface area contributed by atoms with Crippen LogP contribution in [0.3, 0.4) is 0 Å². The molecule has 0 saturated heterocycles. The van der Waals surface area contributed by atoms with Crippen LogP contribution in [0.1, 0.15) is 43.8 Å². The van der Waals surface area contributed by atoms with Crippen molar-refractivity contribution in [1.29, 1.82) is 0 Å². The second kappa shape index (κ2) is 7.38. The molecule has 160 valence electrons. The van der Waals surface area contributed by atoms with Crippen LogP contribution in [0.2, 0.25) is 0 Å². The normalized spacial score (nSPS) is 16.8. The molecular weight excluding hydrogens is 414 g/mol. The van der Waals surface area contributed by atoms with E-state index in [4.69, 9.17) is 9.15 Å². The molecule has 0 spiro atoms. The number of hydrogen-bond donors (Lipinski definition) is 2. The Morgan fingerprint density at radius 3 is 2.66 bits per heavy atom. The third-order valence-corrected chi connectivity index (χ3v) is 5.30. The van der Waals surface area contributed by atoms with E-state index in [1.165, 1.54) is 24.5 Å². The maximum atomic E-state index is 12.8. The molecule has 2 N–H and O–H groups in total. The number of imide groups is 1. The van der Waals surface area contributed by atoms with E-state index >= 15 is 0 Å². The Balaban J connectivity index is 1.35. The van der Waals surface area contributed by atoms with Gasteiger partial charge in [0.2, 0.25) is 0 Å². The Kier molecular flexibility index (Phi) is 4.51. The Labute approximate surface area is 182 Å². The molecule has 0 aliphatic carbocycles. The SMILES string of the molecule is C[C@H]1Oc2ccc(NC(=O)c3ccc4c(c3)C(=O)N(Cc3ccco3)C4=O)cc2NC1=O. The Morgan fingerprint density at radius 1 is 1.06 bits per heavy atom. The maximum Gasteiger partial charge on any atom is 0.265 e. The molecule has 3 aromatic rings. The molecule has 0 bridgehead atoms. The fraction of sp³-hybridized carbons (Fsp3) is 0.130. The molecule has 9 nitrogen and oxygen atoms in total. The average Bonchev–Trinajstić information content (AvgIpc) is 3.37. The Morgan fingerprint density at radius 2 is 1.88 bits per heavy atom. The summed E-state index contributed by atoms with van der Waals surface area (Å²) in [6, 6.07) is 12.6. The minimum Gasteiger partial charge on any atom is -0.479 e. The Hall–Kier alpha value is -4.40. The summed E-state index contributed by atoms with van der Waals surface area (Å²) in [4.78, 5) is 51.0. The summed E-state index contributed by atoms with van der Waals surface area (Å²) in [6.45, 7) is 1.66. The summed E-state index contributed by atoms with van der Waals surface area (Å²) < 4.78 is 10.7. The van der Waals surface area contributed by atoms with Gasteiger partial charge in [-0.2, -0.15) is 0 Å². The number of ether oxygens (including phenoxy) is 1. The highest BCUT2D eigenvalue weighted by molar-refractivity contribution is 6.22. The highest BCUT2D eigenvalue weighted by Gasteiger charge is 2.36. The van der Waals surface area contributed by atoms with Crippen molar-refractivity contribution in [2.24, 2.45) is 0 Å². The quantitative estimate of drug-likeness (QED) is 0.613. The second-order valence-electron chi connectivity index (χ2n) is 7.45. The van der Waals surface area contributed by atoms with Crippen LogP contribution in [-0.4, -0.2) is 34.6 Å². The van der Waals surface area contributed by atoms with E-state index < -0.39 is 23.8 Å². The molecule has 4 amide bonds. The average molecular weight is 431 g/mol. The van der Waals surface area contributed by atoms with E-state index in [1.807, 2.05) is 0 Å². The standard InChI is InChI=1S/C23H17N3O6/c1-12-20(27)25-18-10-14(5-7-19(18)32-12)24-21(28)13-4-6-16-17(9-13)23(30)26(22(16)29)11-15-3-2-8-31-15/h2-10,12H,11H2,1H3,(H,24,28)(H,25,27)/t12-/m1/s1. The fourth-order valence-corrected chi connectivity index (χ4v) is 3.62. The number of amides is 4. The second-order valence-corrected chi connectivity index (χ2v) is 7.45. The zero-order valence-electron chi connectivity index (χ0n) is 16.9. The molecule has 0 saturated carbocycles. The predicted octanol–water partition coefficient (Wildman–Crippen LogP) is 3.05. The van der Waals surface area contributed by atoms with Gasteiger partial charge in [-0.25, -0.2) is 0 Å². The monoisotopic (exact) mass is 431 g/mol. The topological polar surface area (TPSA) is 118 Å². The smallest absolute Gasteiger partial charge is 0.265 e. The van der Waals surface area contributed by atoms with Crippen LogP contribution in [0.5, 0.6) is 5.75 Å². The van der Waals surface area contributed by atoms with Gasteiger partial charge in [-0.3, -0.25) is 24.1 Å². The van der Waals surface area contributed by atoms with E-state index in [9.17, 15) is 19.2 Å². The van der Waals surface area contributed by atoms with Gasteiger partial charge in [-0.1, -0.05) is 0 Å². The van der Waals surface area contributed by atoms with Gasteiger partial charge in [0.1, 0.15) is 11.5 Å². The largest absolute Gasteiger partial charge is 0.479 e. The summed E-state index contributed by atoms with van der Waals surface area (Å²) in [5, 5.41) is 5.45. The van der Waals surface area contributed by atoms with Crippen molar-refractivity contribution in [2.45, 2.75) is 19.6 Å². The number of carbonyl (C=O) groups is 4. The van der Waals surface area contributed by atoms with Crippen molar-refractivity contribution in [2.75, 3.05) is 10.6 Å². The van der Waals surface area contributed by atoms with Gasteiger partial charge in [-0.15, -0.1) is 0 Å². The lowest BCUT2D eigenvalue weighted by atomic mass is 10.1. The molecule has 0 unspecified atom stereocenters. The molecule has 0 radical (unpaired) electrons. The molecule has 2 aromatic carbocycles. The van der Waals surface area contributed by atoms with Crippen LogP contribution in [-0.2, 0) is 11.3 Å². The van der Waals surface area contributed by atoms with Crippen molar-refractivity contribution in [3.63, 3.8) is 0 Å². The summed E-state index contributed by atoms with van der Waals surface area (Å²) in [5.74, 6) is -0.675. The summed E-state index contributed by atoms with van der Waals surface area (Å²) in [6.07, 6.45) is 0.872. The lowest BCUT2D eigenvalue weighted by Gasteiger charge is -2.23. The fourth-order valence-electron chi connectivity index (χ4n) is 3.62. The van der Waals surface area contributed by atoms with Gasteiger partial charge in [0.15, 0.2) is 6.10 Å². The highest BCUT2D eigenvalue weighted by Crippen LogP contribution is 2.32. The van der Waals surface area contributed by atoms with Crippen LogP contribution < -0.4 is 15.4 Å². The zero-order valence-corrected chi connectivity index (χ0v) is 16.9. The van der Waals surface area contributed by atoms with Crippen LogP contribution >= 0.6 is 0 Å². The van der Waals surface area contributed by atoms with Crippen LogP contribution in [0.4, 0.5) is 11.4 Å². The molecule has 0 fully saturated rings. The molecule has 5 rings (SSSR count). The first-order valence-corrected chi connectivity index (χ1v) is 9.86. The Bertz CT molecular complexity index is 1280.